The highest BCUT2D eigenvalue weighted by Crippen LogP contribution is 2.29. The van der Waals surface area contributed by atoms with Gasteiger partial charge in [0.05, 0.1) is 24.1 Å². The number of carbonyl (C=O) groups excluding carboxylic acids is 3. The van der Waals surface area contributed by atoms with Gasteiger partial charge in [-0.3, -0.25) is 19.5 Å². The van der Waals surface area contributed by atoms with Gasteiger partial charge in [-0.15, -0.1) is 0 Å². The highest BCUT2D eigenvalue weighted by Gasteiger charge is 2.38. The minimum absolute atomic E-state index is 0.264. The first-order valence-electron chi connectivity index (χ1n) is 9.13. The van der Waals surface area contributed by atoms with Crippen LogP contribution >= 0.6 is 0 Å². The molecule has 150 valence electrons. The maximum Gasteiger partial charge on any atom is 0.337 e. The van der Waals surface area contributed by atoms with Gasteiger partial charge in [0.2, 0.25) is 5.91 Å². The molecule has 2 aromatic rings. The zero-order chi connectivity index (χ0) is 21.0. The summed E-state index contributed by atoms with van der Waals surface area (Å²) in [4.78, 5) is 44.5. The quantitative estimate of drug-likeness (QED) is 0.783. The Labute approximate surface area is 168 Å². The van der Waals surface area contributed by atoms with E-state index < -0.39 is 12.1 Å². The number of likely N-dealkylation sites (N-methyl/N-ethyl adjacent to an activating group) is 1. The molecule has 3 rings (SSSR count). The molecule has 1 unspecified atom stereocenters. The standard InChI is InChI=1S/C21H22N4O4/c1-4-24-13-18(15-7-5-8-16(11-15)21(28)29-3)25(14(2)26)19(20(24)27)23-17-9-6-10-22-12-17/h5-13,19,23H,4H2,1-3H3. The van der Waals surface area contributed by atoms with Crippen LogP contribution in [0.5, 0.6) is 0 Å². The van der Waals surface area contributed by atoms with Crippen molar-refractivity contribution in [2.75, 3.05) is 19.0 Å². The van der Waals surface area contributed by atoms with Gasteiger partial charge in [-0.05, 0) is 31.2 Å². The Morgan fingerprint density at radius 3 is 2.66 bits per heavy atom. The smallest absolute Gasteiger partial charge is 0.337 e. The van der Waals surface area contributed by atoms with Gasteiger partial charge in [-0.2, -0.15) is 0 Å². The lowest BCUT2D eigenvalue weighted by Gasteiger charge is -2.39. The van der Waals surface area contributed by atoms with Gasteiger partial charge in [0.15, 0.2) is 6.17 Å². The number of rotatable bonds is 5. The molecule has 1 aromatic carbocycles. The maximum atomic E-state index is 13.0. The number of pyridine rings is 1. The number of esters is 1. The van der Waals surface area contributed by atoms with E-state index in [0.717, 1.165) is 0 Å². The monoisotopic (exact) mass is 394 g/mol. The van der Waals surface area contributed by atoms with E-state index in [0.29, 0.717) is 29.1 Å². The Morgan fingerprint density at radius 2 is 2.03 bits per heavy atom. The van der Waals surface area contributed by atoms with Gasteiger partial charge < -0.3 is 15.0 Å². The highest BCUT2D eigenvalue weighted by molar-refractivity contribution is 5.99. The summed E-state index contributed by atoms with van der Waals surface area (Å²) >= 11 is 0. The van der Waals surface area contributed by atoms with Crippen molar-refractivity contribution in [3.63, 3.8) is 0 Å². The molecule has 1 aliphatic heterocycles. The molecule has 0 radical (unpaired) electrons. The van der Waals surface area contributed by atoms with E-state index in [1.165, 1.54) is 23.8 Å². The summed E-state index contributed by atoms with van der Waals surface area (Å²) in [6.07, 6.45) is 3.89. The van der Waals surface area contributed by atoms with Crippen LogP contribution in [0, 0.1) is 0 Å². The molecule has 0 saturated heterocycles. The topological polar surface area (TPSA) is 91.8 Å². The average Bonchev–Trinajstić information content (AvgIpc) is 2.74. The Kier molecular flexibility index (Phi) is 5.92. The van der Waals surface area contributed by atoms with Crippen LogP contribution in [-0.2, 0) is 14.3 Å². The Hall–Kier alpha value is -3.68. The number of carbonyl (C=O) groups is 3. The first kappa shape index (κ1) is 20.1. The van der Waals surface area contributed by atoms with Crippen LogP contribution in [0.4, 0.5) is 5.69 Å². The summed E-state index contributed by atoms with van der Waals surface area (Å²) in [5.41, 5.74) is 2.09. The predicted octanol–water partition coefficient (Wildman–Crippen LogP) is 2.32. The number of nitrogens with zero attached hydrogens (tertiary/aromatic N) is 3. The van der Waals surface area contributed by atoms with Crippen LogP contribution < -0.4 is 5.32 Å². The van der Waals surface area contributed by atoms with Crippen LogP contribution in [0.15, 0.2) is 55.0 Å². The molecule has 1 aliphatic rings. The summed E-state index contributed by atoms with van der Waals surface area (Å²) in [5.74, 6) is -1.06. The Balaban J connectivity index is 2.08. The fourth-order valence-electron chi connectivity index (χ4n) is 3.15. The third-order valence-corrected chi connectivity index (χ3v) is 4.54. The first-order valence-corrected chi connectivity index (χ1v) is 9.13. The van der Waals surface area contributed by atoms with Gasteiger partial charge >= 0.3 is 5.97 Å². The van der Waals surface area contributed by atoms with Crippen molar-refractivity contribution in [2.24, 2.45) is 0 Å². The van der Waals surface area contributed by atoms with E-state index in [9.17, 15) is 14.4 Å². The predicted molar refractivity (Wildman–Crippen MR) is 107 cm³/mol. The number of methoxy groups -OCH3 is 1. The van der Waals surface area contributed by atoms with Crippen molar-refractivity contribution in [3.8, 4) is 0 Å². The second-order valence-corrected chi connectivity index (χ2v) is 6.39. The first-order chi connectivity index (χ1) is 14.0. The molecular formula is C21H22N4O4. The number of ether oxygens (including phenoxy) is 1. The number of hydrogen-bond donors (Lipinski definition) is 1. The average molecular weight is 394 g/mol. The molecule has 29 heavy (non-hydrogen) atoms. The Bertz CT molecular complexity index is 958. The van der Waals surface area contributed by atoms with Crippen molar-refractivity contribution in [1.29, 1.82) is 0 Å². The second-order valence-electron chi connectivity index (χ2n) is 6.39. The molecule has 2 amide bonds. The van der Waals surface area contributed by atoms with Crippen LogP contribution in [0.1, 0.15) is 29.8 Å². The number of hydrogen-bond acceptors (Lipinski definition) is 6. The normalized spacial score (nSPS) is 16.3. The molecule has 8 nitrogen and oxygen atoms in total. The van der Waals surface area contributed by atoms with Crippen molar-refractivity contribution in [1.82, 2.24) is 14.8 Å². The van der Waals surface area contributed by atoms with E-state index in [-0.39, 0.29) is 11.8 Å². The van der Waals surface area contributed by atoms with Gasteiger partial charge in [0, 0.05) is 37.6 Å². The number of anilines is 1. The molecule has 0 fully saturated rings. The number of aromatic nitrogens is 1. The van der Waals surface area contributed by atoms with Gasteiger partial charge in [0.25, 0.3) is 5.91 Å². The summed E-state index contributed by atoms with van der Waals surface area (Å²) in [5, 5.41) is 3.09. The number of nitrogens with one attached hydrogen (secondary N) is 1. The maximum absolute atomic E-state index is 13.0. The lowest BCUT2D eigenvalue weighted by atomic mass is 10.0. The van der Waals surface area contributed by atoms with Crippen LogP contribution in [0.3, 0.4) is 0 Å². The second kappa shape index (κ2) is 8.55. The molecule has 2 heterocycles. The largest absolute Gasteiger partial charge is 0.465 e. The van der Waals surface area contributed by atoms with E-state index in [4.69, 9.17) is 4.74 Å². The Morgan fingerprint density at radius 1 is 1.24 bits per heavy atom. The molecule has 0 spiro atoms. The summed E-state index contributed by atoms with van der Waals surface area (Å²) in [6, 6.07) is 10.3. The summed E-state index contributed by atoms with van der Waals surface area (Å²) in [6.45, 7) is 3.67. The van der Waals surface area contributed by atoms with Gasteiger partial charge in [-0.25, -0.2) is 4.79 Å². The van der Waals surface area contributed by atoms with E-state index in [1.54, 1.807) is 55.0 Å². The van der Waals surface area contributed by atoms with E-state index in [1.807, 2.05) is 6.92 Å². The molecule has 1 N–H and O–H groups in total. The lowest BCUT2D eigenvalue weighted by Crippen LogP contribution is -2.55. The summed E-state index contributed by atoms with van der Waals surface area (Å²) < 4.78 is 4.79. The molecular weight excluding hydrogens is 372 g/mol. The molecule has 8 heteroatoms. The minimum Gasteiger partial charge on any atom is -0.465 e. The SMILES string of the molecule is CCN1C=C(c2cccc(C(=O)OC)c2)N(C(C)=O)C(Nc2cccnc2)C1=O. The molecule has 0 aliphatic carbocycles. The molecule has 0 saturated carbocycles. The third kappa shape index (κ3) is 4.11. The van der Waals surface area contributed by atoms with Crippen LogP contribution in [0.2, 0.25) is 0 Å². The van der Waals surface area contributed by atoms with E-state index >= 15 is 0 Å². The number of amides is 2. The van der Waals surface area contributed by atoms with Crippen LogP contribution in [-0.4, -0.2) is 52.4 Å². The van der Waals surface area contributed by atoms with Crippen molar-refractivity contribution < 1.29 is 19.1 Å². The molecule has 0 bridgehead atoms. The number of benzene rings is 1. The lowest BCUT2D eigenvalue weighted by molar-refractivity contribution is -0.140. The van der Waals surface area contributed by atoms with Crippen molar-refractivity contribution in [3.05, 3.63) is 66.1 Å². The molecule has 1 atom stereocenters. The van der Waals surface area contributed by atoms with Gasteiger partial charge in [-0.1, -0.05) is 12.1 Å². The summed E-state index contributed by atoms with van der Waals surface area (Å²) in [7, 11) is 1.31. The van der Waals surface area contributed by atoms with Crippen molar-refractivity contribution in [2.45, 2.75) is 20.0 Å². The highest BCUT2D eigenvalue weighted by atomic mass is 16.5. The van der Waals surface area contributed by atoms with E-state index in [2.05, 4.69) is 10.3 Å². The van der Waals surface area contributed by atoms with Crippen LogP contribution in [0.25, 0.3) is 5.70 Å². The minimum atomic E-state index is -0.946. The van der Waals surface area contributed by atoms with Crippen molar-refractivity contribution >= 4 is 29.2 Å². The van der Waals surface area contributed by atoms with Gasteiger partial charge in [0.1, 0.15) is 0 Å². The fraction of sp³-hybridized carbons (Fsp3) is 0.238. The third-order valence-electron chi connectivity index (χ3n) is 4.54. The molecule has 1 aromatic heterocycles. The zero-order valence-electron chi connectivity index (χ0n) is 16.5. The zero-order valence-corrected chi connectivity index (χ0v) is 16.5. The fourth-order valence-corrected chi connectivity index (χ4v) is 3.15.